The van der Waals surface area contributed by atoms with Crippen molar-refractivity contribution in [3.63, 3.8) is 0 Å². The number of anilines is 1. The van der Waals surface area contributed by atoms with Crippen molar-refractivity contribution in [2.75, 3.05) is 12.3 Å². The van der Waals surface area contributed by atoms with Crippen molar-refractivity contribution >= 4 is 16.3 Å². The topological polar surface area (TPSA) is 48.1 Å². The molecule has 0 saturated heterocycles. The lowest BCUT2D eigenvalue weighted by atomic mass is 10.1. The number of nitrogens with zero attached hydrogens (tertiary/aromatic N) is 1. The minimum absolute atomic E-state index is 0.411. The molecule has 0 amide bonds. The maximum atomic E-state index is 6.03. The van der Waals surface area contributed by atoms with E-state index in [1.165, 1.54) is 0 Å². The zero-order valence-electron chi connectivity index (χ0n) is 10.9. The second kappa shape index (κ2) is 5.40. The molecule has 2 aromatic rings. The Morgan fingerprint density at radius 1 is 1.28 bits per heavy atom. The molecular formula is C14H18N2OS. The van der Waals surface area contributed by atoms with E-state index >= 15 is 0 Å². The van der Waals surface area contributed by atoms with Gasteiger partial charge in [0.25, 0.3) is 0 Å². The van der Waals surface area contributed by atoms with Gasteiger partial charge in [0.2, 0.25) is 0 Å². The highest BCUT2D eigenvalue weighted by atomic mass is 32.1. The third-order valence-corrected chi connectivity index (χ3v) is 3.79. The van der Waals surface area contributed by atoms with Crippen LogP contribution in [0, 0.1) is 0 Å². The van der Waals surface area contributed by atoms with Crippen LogP contribution in [0.15, 0.2) is 24.3 Å². The third-order valence-electron chi connectivity index (χ3n) is 2.60. The van der Waals surface area contributed by atoms with Crippen LogP contribution < -0.4 is 10.5 Å². The molecule has 1 aromatic heterocycles. The Hall–Kier alpha value is -1.55. The highest BCUT2D eigenvalue weighted by Crippen LogP contribution is 2.34. The Bertz CT molecular complexity index is 517. The summed E-state index contributed by atoms with van der Waals surface area (Å²) in [7, 11) is 0. The van der Waals surface area contributed by atoms with Crippen LogP contribution in [0.1, 0.15) is 31.7 Å². The first-order chi connectivity index (χ1) is 8.61. The second-order valence-corrected chi connectivity index (χ2v) is 5.44. The number of ether oxygens (including phenoxy) is 1. The Morgan fingerprint density at radius 2 is 1.94 bits per heavy atom. The van der Waals surface area contributed by atoms with Crippen molar-refractivity contribution in [1.29, 1.82) is 0 Å². The Kier molecular flexibility index (Phi) is 3.87. The molecule has 0 radical (unpaired) electrons. The van der Waals surface area contributed by atoms with E-state index in [2.05, 4.69) is 18.8 Å². The van der Waals surface area contributed by atoms with Gasteiger partial charge in [-0.15, -0.1) is 11.3 Å². The average molecular weight is 262 g/mol. The standard InChI is InChI=1S/C14H18N2OS/c1-4-17-11-7-5-10(6-8-11)12-13(15)18-14(16-12)9(2)3/h5-9H,4,15H2,1-3H3. The van der Waals surface area contributed by atoms with Crippen LogP contribution in [0.2, 0.25) is 0 Å². The highest BCUT2D eigenvalue weighted by molar-refractivity contribution is 7.16. The van der Waals surface area contributed by atoms with Gasteiger partial charge in [-0.2, -0.15) is 0 Å². The van der Waals surface area contributed by atoms with Crippen LogP contribution in [0.25, 0.3) is 11.3 Å². The Balaban J connectivity index is 2.30. The summed E-state index contributed by atoms with van der Waals surface area (Å²) in [6, 6.07) is 7.90. The molecule has 0 fully saturated rings. The molecule has 0 aliphatic heterocycles. The number of nitrogens with two attached hydrogens (primary N) is 1. The normalized spacial score (nSPS) is 10.9. The Labute approximate surface area is 112 Å². The summed E-state index contributed by atoms with van der Waals surface area (Å²) < 4.78 is 5.42. The van der Waals surface area contributed by atoms with Crippen LogP contribution in [0.3, 0.4) is 0 Å². The predicted molar refractivity (Wildman–Crippen MR) is 77.2 cm³/mol. The number of rotatable bonds is 4. The van der Waals surface area contributed by atoms with Crippen LogP contribution in [-0.2, 0) is 0 Å². The van der Waals surface area contributed by atoms with Gasteiger partial charge in [0.05, 0.1) is 11.6 Å². The molecule has 0 saturated carbocycles. The van der Waals surface area contributed by atoms with Gasteiger partial charge < -0.3 is 10.5 Å². The molecule has 2 N–H and O–H groups in total. The molecule has 4 heteroatoms. The van der Waals surface area contributed by atoms with Gasteiger partial charge >= 0.3 is 0 Å². The second-order valence-electron chi connectivity index (χ2n) is 4.38. The minimum Gasteiger partial charge on any atom is -0.494 e. The van der Waals surface area contributed by atoms with E-state index in [4.69, 9.17) is 10.5 Å². The van der Waals surface area contributed by atoms with Crippen molar-refractivity contribution in [2.45, 2.75) is 26.7 Å². The molecule has 0 atom stereocenters. The maximum absolute atomic E-state index is 6.03. The largest absolute Gasteiger partial charge is 0.494 e. The zero-order valence-corrected chi connectivity index (χ0v) is 11.8. The van der Waals surface area contributed by atoms with Gasteiger partial charge in [-0.3, -0.25) is 0 Å². The smallest absolute Gasteiger partial charge is 0.119 e. The van der Waals surface area contributed by atoms with Gasteiger partial charge in [-0.25, -0.2) is 4.98 Å². The van der Waals surface area contributed by atoms with Crippen molar-refractivity contribution in [3.05, 3.63) is 29.3 Å². The summed E-state index contributed by atoms with van der Waals surface area (Å²) in [4.78, 5) is 4.61. The van der Waals surface area contributed by atoms with Crippen LogP contribution >= 0.6 is 11.3 Å². The first-order valence-corrected chi connectivity index (χ1v) is 6.93. The third kappa shape index (κ3) is 2.64. The molecule has 0 bridgehead atoms. The lowest BCUT2D eigenvalue weighted by molar-refractivity contribution is 0.340. The number of aromatic nitrogens is 1. The predicted octanol–water partition coefficient (Wildman–Crippen LogP) is 3.91. The van der Waals surface area contributed by atoms with E-state index in [-0.39, 0.29) is 0 Å². The van der Waals surface area contributed by atoms with Crippen molar-refractivity contribution in [2.24, 2.45) is 0 Å². The number of hydrogen-bond acceptors (Lipinski definition) is 4. The fourth-order valence-electron chi connectivity index (χ4n) is 1.68. The van der Waals surface area contributed by atoms with Gasteiger partial charge in [-0.1, -0.05) is 13.8 Å². The summed E-state index contributed by atoms with van der Waals surface area (Å²) >= 11 is 1.57. The van der Waals surface area contributed by atoms with E-state index in [1.54, 1.807) is 11.3 Å². The summed E-state index contributed by atoms with van der Waals surface area (Å²) in [6.07, 6.45) is 0. The molecule has 0 aliphatic rings. The number of nitrogen functional groups attached to an aromatic ring is 1. The number of thiazole rings is 1. The first kappa shape index (κ1) is 12.9. The van der Waals surface area contributed by atoms with Gasteiger partial charge in [0.15, 0.2) is 0 Å². The number of benzene rings is 1. The lowest BCUT2D eigenvalue weighted by Gasteiger charge is -2.04. The van der Waals surface area contributed by atoms with E-state index < -0.39 is 0 Å². The Morgan fingerprint density at radius 3 is 2.44 bits per heavy atom. The van der Waals surface area contributed by atoms with E-state index in [0.717, 1.165) is 27.0 Å². The SMILES string of the molecule is CCOc1ccc(-c2nc(C(C)C)sc2N)cc1. The summed E-state index contributed by atoms with van der Waals surface area (Å²) in [5.74, 6) is 1.29. The summed E-state index contributed by atoms with van der Waals surface area (Å²) in [5, 5.41) is 1.86. The minimum atomic E-state index is 0.411. The van der Waals surface area contributed by atoms with Gasteiger partial charge in [0.1, 0.15) is 16.4 Å². The molecule has 96 valence electrons. The summed E-state index contributed by atoms with van der Waals surface area (Å²) in [5.41, 5.74) is 7.95. The molecular weight excluding hydrogens is 244 g/mol. The fraction of sp³-hybridized carbons (Fsp3) is 0.357. The highest BCUT2D eigenvalue weighted by Gasteiger charge is 2.12. The van der Waals surface area contributed by atoms with E-state index in [1.807, 2.05) is 31.2 Å². The molecule has 18 heavy (non-hydrogen) atoms. The zero-order chi connectivity index (χ0) is 13.1. The van der Waals surface area contributed by atoms with Crippen molar-refractivity contribution in [1.82, 2.24) is 4.98 Å². The number of hydrogen-bond donors (Lipinski definition) is 1. The van der Waals surface area contributed by atoms with E-state index in [0.29, 0.717) is 12.5 Å². The fourth-order valence-corrected chi connectivity index (χ4v) is 2.54. The monoisotopic (exact) mass is 262 g/mol. The van der Waals surface area contributed by atoms with Crippen molar-refractivity contribution < 1.29 is 4.74 Å². The van der Waals surface area contributed by atoms with Crippen LogP contribution in [0.5, 0.6) is 5.75 Å². The molecule has 0 spiro atoms. The summed E-state index contributed by atoms with van der Waals surface area (Å²) in [6.45, 7) is 6.90. The van der Waals surface area contributed by atoms with Crippen molar-refractivity contribution in [3.8, 4) is 17.0 Å². The molecule has 0 aliphatic carbocycles. The van der Waals surface area contributed by atoms with E-state index in [9.17, 15) is 0 Å². The lowest BCUT2D eigenvalue weighted by Crippen LogP contribution is -1.91. The average Bonchev–Trinajstić information content (AvgIpc) is 2.73. The van der Waals surface area contributed by atoms with Gasteiger partial charge in [-0.05, 0) is 31.2 Å². The van der Waals surface area contributed by atoms with Gasteiger partial charge in [0, 0.05) is 11.5 Å². The molecule has 0 unspecified atom stereocenters. The quantitative estimate of drug-likeness (QED) is 0.908. The molecule has 1 heterocycles. The van der Waals surface area contributed by atoms with Crippen LogP contribution in [0.4, 0.5) is 5.00 Å². The molecule has 2 rings (SSSR count). The first-order valence-electron chi connectivity index (χ1n) is 6.11. The molecule has 1 aromatic carbocycles. The maximum Gasteiger partial charge on any atom is 0.119 e. The molecule has 3 nitrogen and oxygen atoms in total. The van der Waals surface area contributed by atoms with Crippen LogP contribution in [-0.4, -0.2) is 11.6 Å².